The molecular weight excluding hydrogens is 910 g/mol. The average Bonchev–Trinajstić information content (AvgIpc) is 3.76. The third-order valence-electron chi connectivity index (χ3n) is 9.78. The van der Waals surface area contributed by atoms with E-state index in [1.807, 2.05) is 5.08 Å². The van der Waals surface area contributed by atoms with Gasteiger partial charge in [-0.05, 0) is 0 Å². The van der Waals surface area contributed by atoms with Crippen LogP contribution in [0.25, 0.3) is 5.08 Å². The number of fused-ring (bicyclic) bond motifs is 1. The first kappa shape index (κ1) is 44.5. The van der Waals surface area contributed by atoms with Crippen LogP contribution in [0.5, 0.6) is 0 Å². The highest BCUT2D eigenvalue weighted by Gasteiger charge is 2.74. The summed E-state index contributed by atoms with van der Waals surface area (Å²) in [6, 6.07) is 0. The predicted molar refractivity (Wildman–Crippen MR) is 158 cm³/mol. The van der Waals surface area contributed by atoms with E-state index in [1.54, 1.807) is 0 Å². The lowest BCUT2D eigenvalue weighted by Crippen LogP contribution is -2.88. The molecule has 0 spiro atoms. The maximum atomic E-state index is 16.5. The molecule has 0 N–H and O–H groups in total. The zero-order chi connectivity index (χ0) is 46.7. The molecule has 0 saturated carbocycles. The van der Waals surface area contributed by atoms with Gasteiger partial charge >= 0.3 is 30.5 Å². The fourth-order valence-electron chi connectivity index (χ4n) is 7.43. The first-order chi connectivity index (χ1) is 28.8. The zero-order valence-corrected chi connectivity index (χ0v) is 29.0. The molecule has 0 atom stereocenters. The molecule has 0 radical (unpaired) electrons. The van der Waals surface area contributed by atoms with Crippen molar-refractivity contribution in [2.45, 2.75) is 0 Å². The Kier molecular flexibility index (Phi) is 10.4. The second-order valence-electron chi connectivity index (χ2n) is 12.4. The Morgan fingerprint density at radius 3 is 0.984 bits per heavy atom. The number of aromatic nitrogens is 3. The smallest absolute Gasteiger partial charge is 0.395 e. The van der Waals surface area contributed by atoms with Crippen molar-refractivity contribution in [3.8, 4) is 0 Å². The molecule has 0 bridgehead atoms. The fourth-order valence-corrected chi connectivity index (χ4v) is 7.43. The van der Waals surface area contributed by atoms with Crippen LogP contribution in [0.3, 0.4) is 0 Å². The highest BCUT2D eigenvalue weighted by molar-refractivity contribution is 7.12. The number of hydrogen-bond donors (Lipinski definition) is 0. The molecule has 0 aliphatic carbocycles. The van der Waals surface area contributed by atoms with Gasteiger partial charge in [0, 0.05) is 5.10 Å². The molecule has 326 valence electrons. The van der Waals surface area contributed by atoms with Crippen LogP contribution in [0.2, 0.25) is 0 Å². The molecular formula is C30H6B2F20N6O4. The van der Waals surface area contributed by atoms with Gasteiger partial charge in [-0.15, -0.1) is 0 Å². The van der Waals surface area contributed by atoms with Crippen LogP contribution in [0.15, 0.2) is 0 Å². The molecule has 5 aromatic rings. The van der Waals surface area contributed by atoms with Crippen molar-refractivity contribution in [2.24, 2.45) is 0 Å². The van der Waals surface area contributed by atoms with Gasteiger partial charge in [-0.3, -0.25) is 4.83 Å². The maximum Gasteiger partial charge on any atom is 0.395 e. The molecule has 1 aliphatic rings. The summed E-state index contributed by atoms with van der Waals surface area (Å²) in [5.74, 6) is -75.5. The number of benzene rings is 4. The number of ether oxygens (including phenoxy) is 2. The summed E-state index contributed by atoms with van der Waals surface area (Å²) in [5.41, 5.74) is -18.2. The maximum absolute atomic E-state index is 16.5. The molecule has 2 heterocycles. The van der Waals surface area contributed by atoms with Gasteiger partial charge in [0.25, 0.3) is 0 Å². The molecule has 1 aliphatic heterocycles. The van der Waals surface area contributed by atoms with Gasteiger partial charge in [0.1, 0.15) is 46.5 Å². The van der Waals surface area contributed by atoms with Gasteiger partial charge in [-0.1, -0.05) is 21.9 Å². The topological polar surface area (TPSA) is 106 Å². The number of halogens is 20. The summed E-state index contributed by atoms with van der Waals surface area (Å²) in [5, 5.41) is 15.7. The molecule has 1 aromatic heterocycles. The summed E-state index contributed by atoms with van der Waals surface area (Å²) in [7, 11) is 0.419. The van der Waals surface area contributed by atoms with E-state index in [1.165, 1.54) is 0 Å². The predicted octanol–water partition coefficient (Wildman–Crippen LogP) is 3.82. The van der Waals surface area contributed by atoms with E-state index in [0.29, 0.717) is 0 Å². The molecule has 10 nitrogen and oxygen atoms in total. The van der Waals surface area contributed by atoms with E-state index in [2.05, 4.69) is 14.6 Å². The van der Waals surface area contributed by atoms with Gasteiger partial charge in [0.15, 0.2) is 69.8 Å². The van der Waals surface area contributed by atoms with Crippen molar-refractivity contribution in [2.75, 3.05) is 14.2 Å². The summed E-state index contributed by atoms with van der Waals surface area (Å²) in [6.07, 6.45) is -14.0. The van der Waals surface area contributed by atoms with Gasteiger partial charge in [0.05, 0.1) is 14.2 Å². The average molecular weight is 916 g/mol. The summed E-state index contributed by atoms with van der Waals surface area (Å²) >= 11 is 0. The second-order valence-corrected chi connectivity index (χ2v) is 12.4. The van der Waals surface area contributed by atoms with Gasteiger partial charge in [-0.25, -0.2) is 102 Å². The summed E-state index contributed by atoms with van der Waals surface area (Å²) in [6.45, 7) is 0. The Bertz CT molecular complexity index is 2690. The van der Waals surface area contributed by atoms with E-state index in [-0.39, 0.29) is 14.2 Å². The number of esters is 2. The minimum absolute atomic E-state index is 0.162. The van der Waals surface area contributed by atoms with Crippen LogP contribution in [-0.4, -0.2) is 53.6 Å². The van der Waals surface area contributed by atoms with E-state index in [9.17, 15) is 32.5 Å². The number of diazo groups is 1. The molecule has 0 saturated heterocycles. The Labute approximate surface area is 325 Å². The Morgan fingerprint density at radius 1 is 0.468 bits per heavy atom. The largest absolute Gasteiger partial charge is 0.463 e. The quantitative estimate of drug-likeness (QED) is 0.0638. The molecule has 4 aromatic carbocycles. The summed E-state index contributed by atoms with van der Waals surface area (Å²) in [4.78, 5) is 24.9. The highest BCUT2D eigenvalue weighted by Crippen LogP contribution is 2.37. The van der Waals surface area contributed by atoms with Gasteiger partial charge in [0.2, 0.25) is 16.2 Å². The van der Waals surface area contributed by atoms with Crippen molar-refractivity contribution < 1.29 is 111 Å². The Hall–Kier alpha value is -7.09. The van der Waals surface area contributed by atoms with Crippen molar-refractivity contribution >= 4 is 46.6 Å². The zero-order valence-electron chi connectivity index (χ0n) is 29.0. The van der Waals surface area contributed by atoms with Crippen molar-refractivity contribution in [1.82, 2.24) is 14.6 Å². The fraction of sp³-hybridized carbons (Fsp3) is 0.0667. The minimum atomic E-state index is -7.05. The molecule has 62 heavy (non-hydrogen) atoms. The number of carbonyl (C=O) groups is 2. The lowest BCUT2D eigenvalue weighted by atomic mass is 9.26. The molecule has 32 heteroatoms. The number of nitrogens with zero attached hydrogens (tertiary/aromatic N) is 6. The molecule has 0 amide bonds. The number of methoxy groups -OCH3 is 2. The Balaban J connectivity index is 2.24. The van der Waals surface area contributed by atoms with E-state index in [4.69, 9.17) is 0 Å². The third-order valence-corrected chi connectivity index (χ3v) is 9.78. The van der Waals surface area contributed by atoms with Gasteiger partial charge < -0.3 is 14.1 Å². The SMILES string of the molecule is COC(=O)c1nn2[n+](c1C(=O)OC)[B-](c1c(F)c(F)c(F)c(F)c1F)(c1c(F)c(F)c(F)c(F)c1F)N([N+]#N)[B-]2(c1c(F)c(F)c(F)c(F)c1F)c1c(F)c(F)c(F)c(F)c1F. The van der Waals surface area contributed by atoms with E-state index >= 15 is 70.2 Å². The molecule has 0 unspecified atom stereocenters. The van der Waals surface area contributed by atoms with Crippen molar-refractivity contribution in [1.29, 1.82) is 5.39 Å². The van der Waals surface area contributed by atoms with Crippen molar-refractivity contribution in [3.05, 3.63) is 133 Å². The van der Waals surface area contributed by atoms with Crippen LogP contribution < -0.4 is 26.4 Å². The number of hydrogen-bond acceptors (Lipinski definition) is 7. The first-order valence-corrected chi connectivity index (χ1v) is 15.6. The molecule has 0 fully saturated rings. The third kappa shape index (κ3) is 5.12. The summed E-state index contributed by atoms with van der Waals surface area (Å²) < 4.78 is 318. The van der Waals surface area contributed by atoms with Crippen LogP contribution >= 0.6 is 0 Å². The van der Waals surface area contributed by atoms with E-state index < -0.39 is 188 Å². The standard InChI is InChI=1S/C30H6B2F20N6O4/c1-61-29(59)27-28(30(60)62-2)56-31(3-7(33)15(41)23(49)16(42)8(3)34,4-9(35)17(43)24(50)18(44)10(4)36)57(55-53)32(58(56)54-27,5-11(37)19(45)25(51)20(46)12(5)38)6-13(39)21(47)26(52)22(48)14(6)40/h1-2H3. The second kappa shape index (κ2) is 14.5. The van der Waals surface area contributed by atoms with Crippen LogP contribution in [0.1, 0.15) is 21.0 Å². The van der Waals surface area contributed by atoms with E-state index in [0.717, 1.165) is 0 Å². The Morgan fingerprint density at radius 2 is 0.726 bits per heavy atom. The van der Waals surface area contributed by atoms with Crippen LogP contribution in [0, 0.1) is 122 Å². The number of carbonyl (C=O) groups excluding carboxylic acids is 2. The van der Waals surface area contributed by atoms with Crippen LogP contribution in [-0.2, 0) is 9.47 Å². The normalized spacial score (nSPS) is 14.0. The lowest BCUT2D eigenvalue weighted by molar-refractivity contribution is -0.624. The lowest BCUT2D eigenvalue weighted by Gasteiger charge is -2.42. The van der Waals surface area contributed by atoms with Crippen LogP contribution in [0.4, 0.5) is 87.8 Å². The first-order valence-electron chi connectivity index (χ1n) is 15.6. The van der Waals surface area contributed by atoms with Crippen molar-refractivity contribution in [3.63, 3.8) is 0 Å². The number of rotatable bonds is 6. The monoisotopic (exact) mass is 916 g/mol. The van der Waals surface area contributed by atoms with Gasteiger partial charge in [-0.2, -0.15) is 0 Å². The molecule has 6 rings (SSSR count). The minimum Gasteiger partial charge on any atom is -0.463 e. The highest BCUT2D eigenvalue weighted by atomic mass is 19.2.